The van der Waals surface area contributed by atoms with Crippen LogP contribution in [0.3, 0.4) is 0 Å². The first kappa shape index (κ1) is 13.8. The Bertz CT molecular complexity index is 601. The Kier molecular flexibility index (Phi) is 4.39. The Hall–Kier alpha value is -1.59. The van der Waals surface area contributed by atoms with Gasteiger partial charge < -0.3 is 4.74 Å². The van der Waals surface area contributed by atoms with Gasteiger partial charge in [-0.1, -0.05) is 27.5 Å². The number of nitro benzene ring substituents is 1. The van der Waals surface area contributed by atoms with Crippen LogP contribution in [0.1, 0.15) is 5.56 Å². The summed E-state index contributed by atoms with van der Waals surface area (Å²) in [5, 5.41) is 11.8. The second kappa shape index (κ2) is 6.04. The van der Waals surface area contributed by atoms with Crippen LogP contribution in [0.15, 0.2) is 42.5 Å². The van der Waals surface area contributed by atoms with E-state index in [-0.39, 0.29) is 5.69 Å². The van der Waals surface area contributed by atoms with Gasteiger partial charge in [-0.15, -0.1) is 0 Å². The molecular weight excluding hydrogens is 334 g/mol. The molecule has 0 atom stereocenters. The van der Waals surface area contributed by atoms with Crippen LogP contribution in [0, 0.1) is 10.1 Å². The molecule has 0 aliphatic rings. The van der Waals surface area contributed by atoms with Crippen molar-refractivity contribution in [2.75, 3.05) is 0 Å². The highest BCUT2D eigenvalue weighted by Gasteiger charge is 2.13. The number of nitro groups is 1. The Balaban J connectivity index is 2.26. The lowest BCUT2D eigenvalue weighted by molar-refractivity contribution is -0.385. The maximum atomic E-state index is 10.8. The van der Waals surface area contributed by atoms with Crippen molar-refractivity contribution < 1.29 is 9.66 Å². The summed E-state index contributed by atoms with van der Waals surface area (Å²) in [5.74, 6) is 1.17. The molecule has 2 aromatic carbocycles. The molecule has 0 aliphatic carbocycles. The lowest BCUT2D eigenvalue weighted by atomic mass is 10.2. The molecule has 0 spiro atoms. The minimum Gasteiger partial charge on any atom is -0.457 e. The molecule has 0 aliphatic heterocycles. The maximum Gasteiger partial charge on any atom is 0.273 e. The van der Waals surface area contributed by atoms with Gasteiger partial charge in [0.05, 0.1) is 4.92 Å². The molecule has 2 aromatic rings. The van der Waals surface area contributed by atoms with Gasteiger partial charge in [0.2, 0.25) is 0 Å². The molecular formula is C13H9BrClNO3. The molecule has 0 fully saturated rings. The number of rotatable bonds is 4. The molecule has 0 N–H and O–H groups in total. The molecule has 2 rings (SSSR count). The Labute approximate surface area is 123 Å². The van der Waals surface area contributed by atoms with Gasteiger partial charge in [-0.05, 0) is 36.4 Å². The molecule has 0 heterocycles. The van der Waals surface area contributed by atoms with Gasteiger partial charge in [-0.2, -0.15) is 0 Å². The summed E-state index contributed by atoms with van der Waals surface area (Å²) in [6, 6.07) is 11.5. The third kappa shape index (κ3) is 3.45. The number of hydrogen-bond acceptors (Lipinski definition) is 3. The molecule has 6 heteroatoms. The van der Waals surface area contributed by atoms with Crippen molar-refractivity contribution in [2.45, 2.75) is 5.33 Å². The molecule has 0 aromatic heterocycles. The Morgan fingerprint density at radius 1 is 1.16 bits per heavy atom. The molecule has 98 valence electrons. The third-order valence-electron chi connectivity index (χ3n) is 2.44. The maximum absolute atomic E-state index is 10.8. The molecule has 0 bridgehead atoms. The fourth-order valence-corrected chi connectivity index (χ4v) is 2.12. The summed E-state index contributed by atoms with van der Waals surface area (Å²) in [4.78, 5) is 10.4. The molecule has 0 saturated heterocycles. The third-order valence-corrected chi connectivity index (χ3v) is 3.30. The molecule has 4 nitrogen and oxygen atoms in total. The van der Waals surface area contributed by atoms with Crippen molar-refractivity contribution in [3.05, 3.63) is 63.2 Å². The zero-order chi connectivity index (χ0) is 13.8. The summed E-state index contributed by atoms with van der Waals surface area (Å²) in [6.07, 6.45) is 0. The van der Waals surface area contributed by atoms with Gasteiger partial charge >= 0.3 is 0 Å². The number of benzene rings is 2. The largest absolute Gasteiger partial charge is 0.457 e. The highest BCUT2D eigenvalue weighted by atomic mass is 79.9. The van der Waals surface area contributed by atoms with E-state index in [0.29, 0.717) is 27.4 Å². The fraction of sp³-hybridized carbons (Fsp3) is 0.0769. The average Bonchev–Trinajstić information content (AvgIpc) is 2.41. The minimum atomic E-state index is -0.414. The Morgan fingerprint density at radius 3 is 2.37 bits per heavy atom. The van der Waals surface area contributed by atoms with Crippen molar-refractivity contribution >= 4 is 33.2 Å². The van der Waals surface area contributed by atoms with Gasteiger partial charge in [0.25, 0.3) is 5.69 Å². The second-order valence-corrected chi connectivity index (χ2v) is 4.73. The van der Waals surface area contributed by atoms with Gasteiger partial charge in [-0.25, -0.2) is 0 Å². The summed E-state index contributed by atoms with van der Waals surface area (Å²) in [6.45, 7) is 0. The van der Waals surface area contributed by atoms with E-state index in [1.807, 2.05) is 0 Å². The highest BCUT2D eigenvalue weighted by Crippen LogP contribution is 2.29. The first-order chi connectivity index (χ1) is 9.10. The summed E-state index contributed by atoms with van der Waals surface area (Å²) < 4.78 is 5.61. The van der Waals surface area contributed by atoms with E-state index in [0.717, 1.165) is 0 Å². The van der Waals surface area contributed by atoms with Crippen LogP contribution in [0.25, 0.3) is 0 Å². The predicted molar refractivity (Wildman–Crippen MR) is 77.3 cm³/mol. The minimum absolute atomic E-state index is 0.0698. The molecule has 0 saturated carbocycles. The van der Waals surface area contributed by atoms with E-state index in [9.17, 15) is 10.1 Å². The second-order valence-electron chi connectivity index (χ2n) is 3.74. The van der Waals surface area contributed by atoms with Crippen LogP contribution in [0.2, 0.25) is 5.02 Å². The summed E-state index contributed by atoms with van der Waals surface area (Å²) >= 11 is 9.01. The zero-order valence-corrected chi connectivity index (χ0v) is 12.0. The number of halogens is 2. The normalized spacial score (nSPS) is 10.2. The van der Waals surface area contributed by atoms with Crippen molar-refractivity contribution in [1.29, 1.82) is 0 Å². The number of nitrogens with zero attached hydrogens (tertiary/aromatic N) is 1. The monoisotopic (exact) mass is 341 g/mol. The lowest BCUT2D eigenvalue weighted by Gasteiger charge is -2.07. The SMILES string of the molecule is O=[N+]([O-])c1ccc(Oc2ccc(Cl)cc2)cc1CBr. The topological polar surface area (TPSA) is 52.4 Å². The quantitative estimate of drug-likeness (QED) is 0.449. The number of ether oxygens (including phenoxy) is 1. The molecule has 19 heavy (non-hydrogen) atoms. The van der Waals surface area contributed by atoms with Gasteiger partial charge in [0, 0.05) is 22.0 Å². The van der Waals surface area contributed by atoms with E-state index in [1.54, 1.807) is 36.4 Å². The average molecular weight is 343 g/mol. The molecule has 0 radical (unpaired) electrons. The van der Waals surface area contributed by atoms with E-state index >= 15 is 0 Å². The van der Waals surface area contributed by atoms with Gasteiger partial charge in [0.1, 0.15) is 11.5 Å². The summed E-state index contributed by atoms with van der Waals surface area (Å²) in [7, 11) is 0. The Morgan fingerprint density at radius 2 is 1.79 bits per heavy atom. The highest BCUT2D eigenvalue weighted by molar-refractivity contribution is 9.08. The van der Waals surface area contributed by atoms with Crippen LogP contribution in [0.5, 0.6) is 11.5 Å². The predicted octanol–water partition coefficient (Wildman–Crippen LogP) is 4.94. The van der Waals surface area contributed by atoms with Crippen LogP contribution < -0.4 is 4.74 Å². The number of alkyl halides is 1. The first-order valence-corrected chi connectivity index (χ1v) is 6.87. The van der Waals surface area contributed by atoms with E-state index in [2.05, 4.69) is 15.9 Å². The lowest BCUT2D eigenvalue weighted by Crippen LogP contribution is -1.94. The van der Waals surface area contributed by atoms with Crippen LogP contribution in [-0.2, 0) is 5.33 Å². The molecule has 0 unspecified atom stereocenters. The van der Waals surface area contributed by atoms with Crippen molar-refractivity contribution in [1.82, 2.24) is 0 Å². The van der Waals surface area contributed by atoms with Crippen molar-refractivity contribution in [3.63, 3.8) is 0 Å². The van der Waals surface area contributed by atoms with Gasteiger partial charge in [-0.3, -0.25) is 10.1 Å². The van der Waals surface area contributed by atoms with Crippen LogP contribution in [0.4, 0.5) is 5.69 Å². The van der Waals surface area contributed by atoms with Crippen molar-refractivity contribution in [3.8, 4) is 11.5 Å². The first-order valence-electron chi connectivity index (χ1n) is 5.37. The van der Waals surface area contributed by atoms with Gasteiger partial charge in [0.15, 0.2) is 0 Å². The van der Waals surface area contributed by atoms with Crippen LogP contribution in [-0.4, -0.2) is 4.92 Å². The van der Waals surface area contributed by atoms with Crippen LogP contribution >= 0.6 is 27.5 Å². The van der Waals surface area contributed by atoms with E-state index < -0.39 is 4.92 Å². The smallest absolute Gasteiger partial charge is 0.273 e. The van der Waals surface area contributed by atoms with Crippen molar-refractivity contribution in [2.24, 2.45) is 0 Å². The fourth-order valence-electron chi connectivity index (χ4n) is 1.55. The van der Waals surface area contributed by atoms with E-state index in [1.165, 1.54) is 6.07 Å². The zero-order valence-electron chi connectivity index (χ0n) is 9.68. The van der Waals surface area contributed by atoms with E-state index in [4.69, 9.17) is 16.3 Å². The standard InChI is InChI=1S/C13H9BrClNO3/c14-8-9-7-12(5-6-13(9)16(17)18)19-11-3-1-10(15)2-4-11/h1-7H,8H2. The molecule has 0 amide bonds. The number of hydrogen-bond donors (Lipinski definition) is 0. The summed E-state index contributed by atoms with van der Waals surface area (Å²) in [5.41, 5.74) is 0.636.